The summed E-state index contributed by atoms with van der Waals surface area (Å²) in [7, 11) is 0. The van der Waals surface area contributed by atoms with Gasteiger partial charge >= 0.3 is 0 Å². The molecular formula is C32H32S8. The third kappa shape index (κ3) is 9.87. The second-order valence-corrected chi connectivity index (χ2v) is 17.7. The molecule has 0 fully saturated rings. The first-order chi connectivity index (χ1) is 19.9. The molecule has 0 atom stereocenters. The van der Waals surface area contributed by atoms with Crippen LogP contribution < -0.4 is 0 Å². The van der Waals surface area contributed by atoms with Crippen LogP contribution in [0.15, 0.2) is 136 Å². The first-order valence-electron chi connectivity index (χ1n) is 13.3. The largest absolute Gasteiger partial charge is 0.124 e. The molecule has 4 aromatic carbocycles. The van der Waals surface area contributed by atoms with Gasteiger partial charge in [-0.3, -0.25) is 0 Å². The number of benzene rings is 4. The molecule has 0 aliphatic carbocycles. The quantitative estimate of drug-likeness (QED) is 0.179. The highest BCUT2D eigenvalue weighted by molar-refractivity contribution is 8.06. The molecule has 0 N–H and O–H groups in total. The first kappa shape index (κ1) is 31.1. The van der Waals surface area contributed by atoms with E-state index >= 15 is 0 Å². The Labute approximate surface area is 274 Å². The molecule has 8 heteroatoms. The van der Waals surface area contributed by atoms with Crippen LogP contribution in [0.2, 0.25) is 0 Å². The van der Waals surface area contributed by atoms with Gasteiger partial charge in [-0.15, -0.1) is 94.1 Å². The summed E-state index contributed by atoms with van der Waals surface area (Å²) in [5, 5.41) is 0. The van der Waals surface area contributed by atoms with E-state index in [9.17, 15) is 0 Å². The predicted octanol–water partition coefficient (Wildman–Crippen LogP) is 11.5. The molecule has 1 aliphatic rings. The lowest BCUT2D eigenvalue weighted by molar-refractivity contribution is 1.22. The van der Waals surface area contributed by atoms with Crippen LogP contribution in [-0.2, 0) is 0 Å². The molecule has 0 unspecified atom stereocenters. The molecule has 0 saturated heterocycles. The molecule has 4 aromatic rings. The van der Waals surface area contributed by atoms with Gasteiger partial charge in [-0.2, -0.15) is 0 Å². The summed E-state index contributed by atoms with van der Waals surface area (Å²) in [4.78, 5) is 11.3. The average molecular weight is 673 g/mol. The highest BCUT2D eigenvalue weighted by Gasteiger charge is 2.09. The van der Waals surface area contributed by atoms with Crippen molar-refractivity contribution in [2.45, 2.75) is 39.2 Å². The van der Waals surface area contributed by atoms with E-state index in [1.165, 1.54) is 39.2 Å². The smallest absolute Gasteiger partial charge is 0.0208 e. The molecule has 1 aliphatic heterocycles. The average Bonchev–Trinajstić information content (AvgIpc) is 3.00. The summed E-state index contributed by atoms with van der Waals surface area (Å²) in [6.07, 6.45) is 0. The Morgan fingerprint density at radius 2 is 0.350 bits per heavy atom. The molecule has 208 valence electrons. The van der Waals surface area contributed by atoms with Gasteiger partial charge < -0.3 is 0 Å². The van der Waals surface area contributed by atoms with E-state index in [1.54, 1.807) is 0 Å². The van der Waals surface area contributed by atoms with Crippen LogP contribution in [0.5, 0.6) is 0 Å². The Bertz CT molecular complexity index is 1040. The van der Waals surface area contributed by atoms with Crippen molar-refractivity contribution in [3.63, 3.8) is 0 Å². The topological polar surface area (TPSA) is 0 Å². The lowest BCUT2D eigenvalue weighted by Crippen LogP contribution is -1.92. The zero-order valence-corrected chi connectivity index (χ0v) is 28.7. The van der Waals surface area contributed by atoms with Crippen molar-refractivity contribution in [3.05, 3.63) is 97.1 Å². The van der Waals surface area contributed by atoms with E-state index < -0.39 is 0 Å². The zero-order valence-electron chi connectivity index (χ0n) is 22.2. The molecule has 1 heterocycles. The fraction of sp³-hybridized carbons (Fsp3) is 0.250. The Balaban J connectivity index is 1.27. The van der Waals surface area contributed by atoms with Gasteiger partial charge in [-0.1, -0.05) is 48.5 Å². The van der Waals surface area contributed by atoms with E-state index in [-0.39, 0.29) is 0 Å². The van der Waals surface area contributed by atoms with Gasteiger partial charge in [0.2, 0.25) is 0 Å². The highest BCUT2D eigenvalue weighted by atomic mass is 32.2. The van der Waals surface area contributed by atoms with Crippen LogP contribution in [-0.4, -0.2) is 46.0 Å². The number of thioether (sulfide) groups is 8. The van der Waals surface area contributed by atoms with Gasteiger partial charge in [-0.25, -0.2) is 0 Å². The van der Waals surface area contributed by atoms with Gasteiger partial charge in [0.15, 0.2) is 0 Å². The van der Waals surface area contributed by atoms with Gasteiger partial charge in [0.1, 0.15) is 0 Å². The Morgan fingerprint density at radius 1 is 0.225 bits per heavy atom. The van der Waals surface area contributed by atoms with Gasteiger partial charge in [-0.05, 0) is 48.5 Å². The van der Waals surface area contributed by atoms with Gasteiger partial charge in [0, 0.05) is 85.2 Å². The zero-order chi connectivity index (χ0) is 27.2. The normalized spacial score (nSPS) is 16.4. The second-order valence-electron chi connectivity index (χ2n) is 8.57. The van der Waals surface area contributed by atoms with Crippen LogP contribution in [0.3, 0.4) is 0 Å². The Kier molecular flexibility index (Phi) is 13.8. The summed E-state index contributed by atoms with van der Waals surface area (Å²) in [6, 6.07) is 35.7. The van der Waals surface area contributed by atoms with Crippen molar-refractivity contribution in [1.82, 2.24) is 0 Å². The molecular weight excluding hydrogens is 641 g/mol. The highest BCUT2D eigenvalue weighted by Crippen LogP contribution is 2.38. The third-order valence-electron chi connectivity index (χ3n) is 5.79. The third-order valence-corrected chi connectivity index (χ3v) is 15.9. The van der Waals surface area contributed by atoms with Crippen LogP contribution in [0.1, 0.15) is 0 Å². The summed E-state index contributed by atoms with van der Waals surface area (Å²) < 4.78 is 0. The van der Waals surface area contributed by atoms with Crippen LogP contribution in [0.25, 0.3) is 0 Å². The maximum Gasteiger partial charge on any atom is 0.0208 e. The van der Waals surface area contributed by atoms with Crippen molar-refractivity contribution >= 4 is 94.1 Å². The predicted molar refractivity (Wildman–Crippen MR) is 192 cm³/mol. The molecule has 5 rings (SSSR count). The summed E-state index contributed by atoms with van der Waals surface area (Å²) in [6.45, 7) is 0. The lowest BCUT2D eigenvalue weighted by Gasteiger charge is -2.12. The van der Waals surface area contributed by atoms with Crippen LogP contribution in [0, 0.1) is 0 Å². The van der Waals surface area contributed by atoms with Crippen LogP contribution >= 0.6 is 94.1 Å². The Hall–Kier alpha value is -0.320. The molecule has 0 spiro atoms. The molecule has 0 saturated carbocycles. The number of rotatable bonds is 0. The second kappa shape index (κ2) is 17.7. The maximum absolute atomic E-state index is 2.29. The van der Waals surface area contributed by atoms with Crippen molar-refractivity contribution in [2.24, 2.45) is 0 Å². The fourth-order valence-corrected chi connectivity index (χ4v) is 12.9. The minimum absolute atomic E-state index is 1.12. The van der Waals surface area contributed by atoms with Gasteiger partial charge in [0.05, 0.1) is 0 Å². The summed E-state index contributed by atoms with van der Waals surface area (Å²) in [5.41, 5.74) is 0. The van der Waals surface area contributed by atoms with E-state index in [0.29, 0.717) is 0 Å². The van der Waals surface area contributed by atoms with E-state index in [0.717, 1.165) is 46.0 Å². The van der Waals surface area contributed by atoms with Crippen molar-refractivity contribution < 1.29 is 0 Å². The minimum Gasteiger partial charge on any atom is -0.124 e. The summed E-state index contributed by atoms with van der Waals surface area (Å²) in [5.74, 6) is 8.93. The summed E-state index contributed by atoms with van der Waals surface area (Å²) >= 11 is 16.0. The lowest BCUT2D eigenvalue weighted by atomic mass is 10.4. The maximum atomic E-state index is 2.29. The van der Waals surface area contributed by atoms with Gasteiger partial charge in [0.25, 0.3) is 0 Å². The molecule has 0 amide bonds. The molecule has 40 heavy (non-hydrogen) atoms. The molecule has 0 nitrogen and oxygen atoms in total. The van der Waals surface area contributed by atoms with E-state index in [1.807, 2.05) is 94.1 Å². The molecule has 0 aromatic heterocycles. The van der Waals surface area contributed by atoms with E-state index in [4.69, 9.17) is 0 Å². The molecule has 0 radical (unpaired) electrons. The monoisotopic (exact) mass is 672 g/mol. The standard InChI is InChI=1S/C32H32S8/c1-2-10-26-25(9-1)33-17-18-35-27-11-3-4-12-28(27)37-21-22-39-31-15-7-8-16-32(31)40-24-23-38-30-14-6-5-13-29(30)36-20-19-34-26/h1-16H,17-24H2. The fourth-order valence-electron chi connectivity index (χ4n) is 3.97. The molecule has 0 bridgehead atoms. The van der Waals surface area contributed by atoms with Crippen molar-refractivity contribution in [2.75, 3.05) is 46.0 Å². The number of fused-ring (bicyclic) bond motifs is 4. The minimum atomic E-state index is 1.12. The number of hydrogen-bond acceptors (Lipinski definition) is 8. The number of hydrogen-bond donors (Lipinski definition) is 0. The Morgan fingerprint density at radius 3 is 0.475 bits per heavy atom. The van der Waals surface area contributed by atoms with E-state index in [2.05, 4.69) is 97.1 Å². The van der Waals surface area contributed by atoms with Crippen molar-refractivity contribution in [1.29, 1.82) is 0 Å². The SMILES string of the molecule is c1ccc2c(c1)SCCSc1ccccc1SCCSc1ccccc1SCCSc1ccccc1SCCS2. The van der Waals surface area contributed by atoms with Crippen LogP contribution in [0.4, 0.5) is 0 Å². The van der Waals surface area contributed by atoms with Crippen molar-refractivity contribution in [3.8, 4) is 0 Å². The first-order valence-corrected chi connectivity index (χ1v) is 21.1.